The molecule has 0 saturated heterocycles. The Labute approximate surface area is 125 Å². The molecule has 4 nitrogen and oxygen atoms in total. The number of carbonyl (C=O) groups excluding carboxylic acids is 2. The SMILES string of the molecule is CC(C)c1cccc(N(C)C(C)CCC(=O)NC=O)c1F. The third kappa shape index (κ3) is 4.55. The number of rotatable bonds is 7. The van der Waals surface area contributed by atoms with E-state index < -0.39 is 0 Å². The highest BCUT2D eigenvalue weighted by Gasteiger charge is 2.18. The van der Waals surface area contributed by atoms with Crippen molar-refractivity contribution in [3.63, 3.8) is 0 Å². The van der Waals surface area contributed by atoms with Crippen LogP contribution in [0.1, 0.15) is 45.1 Å². The number of benzene rings is 1. The molecule has 0 saturated carbocycles. The van der Waals surface area contributed by atoms with Gasteiger partial charge in [-0.15, -0.1) is 0 Å². The van der Waals surface area contributed by atoms with Crippen LogP contribution in [0.2, 0.25) is 0 Å². The Bertz CT molecular complexity index is 503. The monoisotopic (exact) mass is 294 g/mol. The summed E-state index contributed by atoms with van der Waals surface area (Å²) >= 11 is 0. The fourth-order valence-electron chi connectivity index (χ4n) is 2.16. The zero-order valence-electron chi connectivity index (χ0n) is 13.0. The van der Waals surface area contributed by atoms with Crippen LogP contribution in [-0.2, 0) is 9.59 Å². The van der Waals surface area contributed by atoms with Crippen LogP contribution < -0.4 is 10.2 Å². The second kappa shape index (κ2) is 7.76. The quantitative estimate of drug-likeness (QED) is 0.787. The molecule has 1 aromatic rings. The Kier molecular flexibility index (Phi) is 6.34. The molecule has 1 aromatic carbocycles. The maximum atomic E-state index is 14.5. The van der Waals surface area contributed by atoms with E-state index >= 15 is 0 Å². The summed E-state index contributed by atoms with van der Waals surface area (Å²) in [4.78, 5) is 23.3. The standard InChI is InChI=1S/C16H23FN2O2/c1-11(2)13-6-5-7-14(16(13)17)19(4)12(3)8-9-15(21)18-10-20/h5-7,10-12H,8-9H2,1-4H3,(H,18,20,21). The Morgan fingerprint density at radius 1 is 1.38 bits per heavy atom. The van der Waals surface area contributed by atoms with Gasteiger partial charge in [-0.25, -0.2) is 4.39 Å². The minimum atomic E-state index is -0.318. The lowest BCUT2D eigenvalue weighted by Crippen LogP contribution is -2.32. The maximum Gasteiger partial charge on any atom is 0.226 e. The van der Waals surface area contributed by atoms with Crippen LogP contribution in [0.4, 0.5) is 10.1 Å². The smallest absolute Gasteiger partial charge is 0.226 e. The molecule has 2 amide bonds. The molecule has 116 valence electrons. The largest absolute Gasteiger partial charge is 0.370 e. The Morgan fingerprint density at radius 2 is 2.05 bits per heavy atom. The van der Waals surface area contributed by atoms with Gasteiger partial charge < -0.3 is 4.90 Å². The van der Waals surface area contributed by atoms with Crippen LogP contribution in [0.25, 0.3) is 0 Å². The van der Waals surface area contributed by atoms with Crippen LogP contribution in [0.5, 0.6) is 0 Å². The molecule has 0 aliphatic heterocycles. The Hall–Kier alpha value is -1.91. The number of amides is 2. The first-order valence-corrected chi connectivity index (χ1v) is 7.12. The molecule has 5 heteroatoms. The highest BCUT2D eigenvalue weighted by molar-refractivity contribution is 5.85. The van der Waals surface area contributed by atoms with Crippen LogP contribution >= 0.6 is 0 Å². The lowest BCUT2D eigenvalue weighted by Gasteiger charge is -2.28. The third-order valence-electron chi connectivity index (χ3n) is 3.68. The van der Waals surface area contributed by atoms with Crippen molar-refractivity contribution in [2.24, 2.45) is 0 Å². The second-order valence-corrected chi connectivity index (χ2v) is 5.52. The van der Waals surface area contributed by atoms with Gasteiger partial charge in [-0.05, 0) is 30.9 Å². The van der Waals surface area contributed by atoms with Crippen LogP contribution in [0.3, 0.4) is 0 Å². The topological polar surface area (TPSA) is 49.4 Å². The van der Waals surface area contributed by atoms with Crippen molar-refractivity contribution in [3.05, 3.63) is 29.6 Å². The van der Waals surface area contributed by atoms with Gasteiger partial charge in [0.1, 0.15) is 5.82 Å². The molecule has 1 atom stereocenters. The van der Waals surface area contributed by atoms with Gasteiger partial charge in [0.25, 0.3) is 0 Å². The summed E-state index contributed by atoms with van der Waals surface area (Å²) in [5.74, 6) is -0.409. The fourth-order valence-corrected chi connectivity index (χ4v) is 2.16. The summed E-state index contributed by atoms with van der Waals surface area (Å²) in [5.41, 5.74) is 1.22. The first-order valence-electron chi connectivity index (χ1n) is 7.12. The predicted octanol–water partition coefficient (Wildman–Crippen LogP) is 2.83. The summed E-state index contributed by atoms with van der Waals surface area (Å²) in [7, 11) is 1.81. The van der Waals surface area contributed by atoms with Crippen LogP contribution in [-0.4, -0.2) is 25.4 Å². The van der Waals surface area contributed by atoms with Crippen molar-refractivity contribution in [3.8, 4) is 0 Å². The van der Waals surface area contributed by atoms with Crippen molar-refractivity contribution < 1.29 is 14.0 Å². The molecule has 1 rings (SSSR count). The molecule has 0 aliphatic carbocycles. The maximum absolute atomic E-state index is 14.5. The molecule has 1 N–H and O–H groups in total. The van der Waals surface area contributed by atoms with E-state index in [4.69, 9.17) is 0 Å². The van der Waals surface area contributed by atoms with Gasteiger partial charge in [0.15, 0.2) is 0 Å². The van der Waals surface area contributed by atoms with E-state index in [1.807, 2.05) is 38.8 Å². The average Bonchev–Trinajstić information content (AvgIpc) is 2.44. The molecule has 21 heavy (non-hydrogen) atoms. The molecular formula is C16H23FN2O2. The Balaban J connectivity index is 2.78. The highest BCUT2D eigenvalue weighted by atomic mass is 19.1. The zero-order chi connectivity index (χ0) is 16.0. The van der Waals surface area contributed by atoms with Crippen molar-refractivity contribution in [1.82, 2.24) is 5.32 Å². The number of carbonyl (C=O) groups is 2. The Morgan fingerprint density at radius 3 is 2.62 bits per heavy atom. The van der Waals surface area contributed by atoms with E-state index in [1.165, 1.54) is 0 Å². The zero-order valence-corrected chi connectivity index (χ0v) is 13.0. The number of nitrogens with one attached hydrogen (secondary N) is 1. The molecule has 0 aromatic heterocycles. The summed E-state index contributed by atoms with van der Waals surface area (Å²) < 4.78 is 14.5. The molecule has 0 fully saturated rings. The molecule has 0 radical (unpaired) electrons. The summed E-state index contributed by atoms with van der Waals surface area (Å²) in [6.07, 6.45) is 1.15. The fraction of sp³-hybridized carbons (Fsp3) is 0.500. The summed E-state index contributed by atoms with van der Waals surface area (Å²) in [6.45, 7) is 5.83. The van der Waals surface area contributed by atoms with Crippen molar-refractivity contribution >= 4 is 18.0 Å². The van der Waals surface area contributed by atoms with Gasteiger partial charge >= 0.3 is 0 Å². The molecule has 0 spiro atoms. The van der Waals surface area contributed by atoms with Crippen LogP contribution in [0.15, 0.2) is 18.2 Å². The average molecular weight is 294 g/mol. The lowest BCUT2D eigenvalue weighted by molar-refractivity contribution is -0.125. The first-order chi connectivity index (χ1) is 9.88. The van der Waals surface area contributed by atoms with Gasteiger partial charge in [0, 0.05) is 19.5 Å². The second-order valence-electron chi connectivity index (χ2n) is 5.52. The molecule has 0 heterocycles. The van der Waals surface area contributed by atoms with E-state index in [0.29, 0.717) is 24.1 Å². The minimum absolute atomic E-state index is 0.0145. The number of imide groups is 1. The van der Waals surface area contributed by atoms with Crippen molar-refractivity contribution in [2.75, 3.05) is 11.9 Å². The predicted molar refractivity (Wildman–Crippen MR) is 81.8 cm³/mol. The number of hydrogen-bond donors (Lipinski definition) is 1. The number of hydrogen-bond acceptors (Lipinski definition) is 3. The van der Waals surface area contributed by atoms with Gasteiger partial charge in [0.2, 0.25) is 12.3 Å². The lowest BCUT2D eigenvalue weighted by atomic mass is 10.0. The minimum Gasteiger partial charge on any atom is -0.370 e. The summed E-state index contributed by atoms with van der Waals surface area (Å²) in [5, 5.41) is 2.10. The number of halogens is 1. The van der Waals surface area contributed by atoms with Gasteiger partial charge in [0.05, 0.1) is 5.69 Å². The molecule has 0 aliphatic rings. The normalized spacial score (nSPS) is 12.1. The van der Waals surface area contributed by atoms with Gasteiger partial charge in [-0.3, -0.25) is 14.9 Å². The van der Waals surface area contributed by atoms with E-state index in [-0.39, 0.29) is 30.1 Å². The number of nitrogens with zero attached hydrogens (tertiary/aromatic N) is 1. The van der Waals surface area contributed by atoms with Crippen LogP contribution in [0, 0.1) is 5.82 Å². The van der Waals surface area contributed by atoms with Gasteiger partial charge in [-0.1, -0.05) is 26.0 Å². The molecule has 0 bridgehead atoms. The number of anilines is 1. The third-order valence-corrected chi connectivity index (χ3v) is 3.68. The van der Waals surface area contributed by atoms with E-state index in [9.17, 15) is 14.0 Å². The summed E-state index contributed by atoms with van der Waals surface area (Å²) in [6, 6.07) is 5.36. The van der Waals surface area contributed by atoms with Crippen molar-refractivity contribution in [1.29, 1.82) is 0 Å². The van der Waals surface area contributed by atoms with Crippen molar-refractivity contribution in [2.45, 2.75) is 45.6 Å². The van der Waals surface area contributed by atoms with E-state index in [0.717, 1.165) is 0 Å². The molecular weight excluding hydrogens is 271 g/mol. The first kappa shape index (κ1) is 17.1. The van der Waals surface area contributed by atoms with Gasteiger partial charge in [-0.2, -0.15) is 0 Å². The molecule has 1 unspecified atom stereocenters. The van der Waals surface area contributed by atoms with E-state index in [2.05, 4.69) is 5.32 Å². The highest BCUT2D eigenvalue weighted by Crippen LogP contribution is 2.28. The van der Waals surface area contributed by atoms with E-state index in [1.54, 1.807) is 12.1 Å².